The lowest BCUT2D eigenvalue weighted by atomic mass is 9.75. The second-order valence-corrected chi connectivity index (χ2v) is 9.56. The zero-order valence-corrected chi connectivity index (χ0v) is 19.7. The number of carbonyl (C=O) groups excluding carboxylic acids is 2. The molecule has 2 aliphatic rings. The summed E-state index contributed by atoms with van der Waals surface area (Å²) in [6.45, 7) is 2.38. The van der Waals surface area contributed by atoms with Crippen LogP contribution < -0.4 is 4.74 Å². The fourth-order valence-corrected chi connectivity index (χ4v) is 4.97. The van der Waals surface area contributed by atoms with E-state index in [1.807, 2.05) is 35.2 Å². The molecule has 2 heterocycles. The average Bonchev–Trinajstić information content (AvgIpc) is 2.88. The maximum atomic E-state index is 13.5. The number of rotatable bonds is 6. The summed E-state index contributed by atoms with van der Waals surface area (Å²) in [6, 6.07) is 14.2. The first-order chi connectivity index (χ1) is 16.8. The van der Waals surface area contributed by atoms with Gasteiger partial charge in [-0.25, -0.2) is 0 Å². The Labute approximate surface area is 203 Å². The molecule has 0 atom stereocenters. The molecule has 188 valence electrons. The van der Waals surface area contributed by atoms with Gasteiger partial charge in [0.15, 0.2) is 0 Å². The number of ether oxygens (including phenoxy) is 1. The van der Waals surface area contributed by atoms with Crippen molar-refractivity contribution < 1.29 is 27.5 Å². The van der Waals surface area contributed by atoms with Crippen LogP contribution in [0.5, 0.6) is 5.75 Å². The van der Waals surface area contributed by atoms with Crippen molar-refractivity contribution in [2.24, 2.45) is 5.41 Å². The number of carbonyl (C=O) groups is 2. The van der Waals surface area contributed by atoms with E-state index in [0.29, 0.717) is 31.6 Å². The van der Waals surface area contributed by atoms with E-state index in [1.54, 1.807) is 0 Å². The van der Waals surface area contributed by atoms with E-state index in [-0.39, 0.29) is 24.6 Å². The number of piperidine rings is 2. The van der Waals surface area contributed by atoms with Gasteiger partial charge in [-0.15, -0.1) is 0 Å². The number of nitrogens with zero attached hydrogens (tertiary/aromatic N) is 2. The summed E-state index contributed by atoms with van der Waals surface area (Å²) in [5, 5.41) is 0. The molecule has 2 aliphatic heterocycles. The largest absolute Gasteiger partial charge is 0.493 e. The molecule has 2 fully saturated rings. The zero-order chi connectivity index (χ0) is 24.9. The Balaban J connectivity index is 1.48. The molecule has 0 radical (unpaired) electrons. The molecule has 5 nitrogen and oxygen atoms in total. The first kappa shape index (κ1) is 25.1. The van der Waals surface area contributed by atoms with E-state index in [4.69, 9.17) is 4.74 Å². The van der Waals surface area contributed by atoms with Gasteiger partial charge in [-0.05, 0) is 56.4 Å². The van der Waals surface area contributed by atoms with Crippen LogP contribution in [0.15, 0.2) is 54.6 Å². The lowest BCUT2D eigenvalue weighted by Gasteiger charge is -2.42. The van der Waals surface area contributed by atoms with Crippen molar-refractivity contribution in [1.82, 2.24) is 9.80 Å². The molecular weight excluding hydrogens is 457 g/mol. The maximum Gasteiger partial charge on any atom is 0.417 e. The normalized spacial score (nSPS) is 18.3. The Bertz CT molecular complexity index is 1010. The fraction of sp³-hybridized carbons (Fsp3) is 0.481. The molecule has 0 unspecified atom stereocenters. The summed E-state index contributed by atoms with van der Waals surface area (Å²) >= 11 is 0. The molecule has 0 aliphatic carbocycles. The van der Waals surface area contributed by atoms with Crippen molar-refractivity contribution >= 4 is 11.8 Å². The van der Waals surface area contributed by atoms with Crippen LogP contribution >= 0.6 is 0 Å². The van der Waals surface area contributed by atoms with Crippen molar-refractivity contribution in [3.63, 3.8) is 0 Å². The van der Waals surface area contributed by atoms with Gasteiger partial charge in [-0.3, -0.25) is 9.59 Å². The van der Waals surface area contributed by atoms with Crippen molar-refractivity contribution in [3.05, 3.63) is 65.7 Å². The second-order valence-electron chi connectivity index (χ2n) is 9.56. The van der Waals surface area contributed by atoms with E-state index in [0.717, 1.165) is 38.4 Å². The molecule has 35 heavy (non-hydrogen) atoms. The molecule has 4 rings (SSSR count). The lowest BCUT2D eigenvalue weighted by Crippen LogP contribution is -2.48. The van der Waals surface area contributed by atoms with Crippen LogP contribution in [0.25, 0.3) is 0 Å². The highest BCUT2D eigenvalue weighted by atomic mass is 19.4. The topological polar surface area (TPSA) is 49.9 Å². The SMILES string of the molecule is O=C(CC1(COc2ccccc2)CCN(C(=O)c2ccccc2C(F)(F)F)CC1)N1CCCCC1. The van der Waals surface area contributed by atoms with Gasteiger partial charge in [0.25, 0.3) is 5.91 Å². The molecule has 8 heteroatoms. The standard InChI is InChI=1S/C27H31F3N2O3/c28-27(29,30)23-12-6-5-11-22(23)25(34)32-17-13-26(14-18-32,20-35-21-9-3-1-4-10-21)19-24(33)31-15-7-2-8-16-31/h1,3-6,9-12H,2,7-8,13-20H2. The molecular formula is C27H31F3N2O3. The van der Waals surface area contributed by atoms with Gasteiger partial charge in [0, 0.05) is 38.0 Å². The van der Waals surface area contributed by atoms with Gasteiger partial charge in [0.05, 0.1) is 17.7 Å². The Morgan fingerprint density at radius 3 is 2.11 bits per heavy atom. The van der Waals surface area contributed by atoms with Gasteiger partial charge < -0.3 is 14.5 Å². The summed E-state index contributed by atoms with van der Waals surface area (Å²) < 4.78 is 46.4. The highest BCUT2D eigenvalue weighted by molar-refractivity contribution is 5.96. The fourth-order valence-electron chi connectivity index (χ4n) is 4.97. The Morgan fingerprint density at radius 2 is 1.46 bits per heavy atom. The minimum absolute atomic E-state index is 0.0866. The first-order valence-corrected chi connectivity index (χ1v) is 12.2. The monoisotopic (exact) mass is 488 g/mol. The van der Waals surface area contributed by atoms with Gasteiger partial charge in [-0.2, -0.15) is 13.2 Å². The molecule has 0 N–H and O–H groups in total. The first-order valence-electron chi connectivity index (χ1n) is 12.2. The maximum absolute atomic E-state index is 13.5. The van der Waals surface area contributed by atoms with E-state index in [2.05, 4.69) is 0 Å². The molecule has 2 saturated heterocycles. The minimum atomic E-state index is -4.60. The number of para-hydroxylation sites is 1. The van der Waals surface area contributed by atoms with Crippen molar-refractivity contribution in [1.29, 1.82) is 0 Å². The van der Waals surface area contributed by atoms with E-state index in [9.17, 15) is 22.8 Å². The number of halogens is 3. The zero-order valence-electron chi connectivity index (χ0n) is 19.7. The van der Waals surface area contributed by atoms with E-state index in [1.165, 1.54) is 23.1 Å². The predicted octanol–water partition coefficient (Wildman–Crippen LogP) is 5.41. The number of alkyl halides is 3. The quantitative estimate of drug-likeness (QED) is 0.547. The summed E-state index contributed by atoms with van der Waals surface area (Å²) in [5.74, 6) is 0.163. The van der Waals surface area contributed by atoms with Crippen LogP contribution in [0.2, 0.25) is 0 Å². The van der Waals surface area contributed by atoms with E-state index < -0.39 is 23.1 Å². The van der Waals surface area contributed by atoms with Crippen LogP contribution in [0.4, 0.5) is 13.2 Å². The van der Waals surface area contributed by atoms with Gasteiger partial charge in [-0.1, -0.05) is 30.3 Å². The summed E-state index contributed by atoms with van der Waals surface area (Å²) in [5.41, 5.74) is -1.74. The molecule has 0 saturated carbocycles. The smallest absolute Gasteiger partial charge is 0.417 e. The number of hydrogen-bond donors (Lipinski definition) is 0. The highest BCUT2D eigenvalue weighted by Crippen LogP contribution is 2.38. The molecule has 2 amide bonds. The summed E-state index contributed by atoms with van der Waals surface area (Å²) in [4.78, 5) is 29.6. The molecule has 2 aromatic rings. The van der Waals surface area contributed by atoms with Crippen molar-refractivity contribution in [2.75, 3.05) is 32.8 Å². The van der Waals surface area contributed by atoms with Gasteiger partial charge in [0.2, 0.25) is 5.91 Å². The third-order valence-corrected chi connectivity index (χ3v) is 7.10. The Kier molecular flexibility index (Phi) is 7.67. The second kappa shape index (κ2) is 10.7. The van der Waals surface area contributed by atoms with Crippen LogP contribution in [0.1, 0.15) is 54.4 Å². The molecule has 0 spiro atoms. The molecule has 2 aromatic carbocycles. The Hall–Kier alpha value is -3.03. The average molecular weight is 489 g/mol. The van der Waals surface area contributed by atoms with Crippen LogP contribution in [-0.4, -0.2) is 54.4 Å². The lowest BCUT2D eigenvalue weighted by molar-refractivity contribution is -0.138. The number of likely N-dealkylation sites (tertiary alicyclic amines) is 2. The van der Waals surface area contributed by atoms with Crippen molar-refractivity contribution in [3.8, 4) is 5.75 Å². The summed E-state index contributed by atoms with van der Waals surface area (Å²) in [6.07, 6.45) is -0.196. The molecule has 0 aromatic heterocycles. The third kappa shape index (κ3) is 6.16. The highest BCUT2D eigenvalue weighted by Gasteiger charge is 2.41. The molecule has 0 bridgehead atoms. The summed E-state index contributed by atoms with van der Waals surface area (Å²) in [7, 11) is 0. The predicted molar refractivity (Wildman–Crippen MR) is 126 cm³/mol. The van der Waals surface area contributed by atoms with Gasteiger partial charge in [0.1, 0.15) is 5.75 Å². The number of hydrogen-bond acceptors (Lipinski definition) is 3. The number of benzene rings is 2. The van der Waals surface area contributed by atoms with E-state index >= 15 is 0 Å². The van der Waals surface area contributed by atoms with Crippen LogP contribution in [0, 0.1) is 5.41 Å². The van der Waals surface area contributed by atoms with Crippen molar-refractivity contribution in [2.45, 2.75) is 44.7 Å². The minimum Gasteiger partial charge on any atom is -0.493 e. The van der Waals surface area contributed by atoms with Crippen LogP contribution in [-0.2, 0) is 11.0 Å². The number of amides is 2. The van der Waals surface area contributed by atoms with Gasteiger partial charge >= 0.3 is 6.18 Å². The third-order valence-electron chi connectivity index (χ3n) is 7.10. The Morgan fingerprint density at radius 1 is 0.829 bits per heavy atom. The van der Waals surface area contributed by atoms with Crippen LogP contribution in [0.3, 0.4) is 0 Å².